The molecule has 2 unspecified atom stereocenters. The molecule has 0 radical (unpaired) electrons. The summed E-state index contributed by atoms with van der Waals surface area (Å²) in [4.78, 5) is 0. The molecule has 0 aliphatic rings. The minimum Gasteiger partial charge on any atom is -0.437 e. The van der Waals surface area contributed by atoms with E-state index in [1.54, 1.807) is 12.9 Å². The number of nitrogens with one attached hydrogen (secondary N) is 2. The Labute approximate surface area is 265 Å². The number of aliphatic hydroxyl groups excluding tert-OH is 4. The van der Waals surface area contributed by atoms with Crippen molar-refractivity contribution in [2.24, 2.45) is 0 Å². The molecule has 0 heterocycles. The molecule has 242 valence electrons. The van der Waals surface area contributed by atoms with Crippen LogP contribution in [0.5, 0.6) is 0 Å². The van der Waals surface area contributed by atoms with Crippen LogP contribution >= 0.6 is 0 Å². The molecule has 0 aliphatic heterocycles. The van der Waals surface area contributed by atoms with Crippen LogP contribution in [0.15, 0.2) is 54.6 Å². The number of rotatable bonds is 18. The molecule has 8 nitrogen and oxygen atoms in total. The van der Waals surface area contributed by atoms with Crippen molar-refractivity contribution in [3.8, 4) is 11.8 Å². The van der Waals surface area contributed by atoms with Crippen LogP contribution < -0.4 is 10.5 Å². The molecular weight excluding hydrogens is 554 g/mol. The average molecular weight is 608 g/mol. The van der Waals surface area contributed by atoms with Crippen molar-refractivity contribution in [2.75, 3.05) is 13.2 Å². The Kier molecular flexibility index (Phi) is 21.5. The van der Waals surface area contributed by atoms with Crippen LogP contribution in [0.25, 0.3) is 6.08 Å². The van der Waals surface area contributed by atoms with Crippen molar-refractivity contribution in [2.45, 2.75) is 103 Å². The number of unbranched alkanes of at least 4 members (excludes halogenated alkanes) is 4. The third-order valence-corrected chi connectivity index (χ3v) is 7.02. The van der Waals surface area contributed by atoms with Gasteiger partial charge in [-0.2, -0.15) is 0 Å². The summed E-state index contributed by atoms with van der Waals surface area (Å²) in [5, 5.41) is 62.1. The normalized spacial score (nSPS) is 13.7. The van der Waals surface area contributed by atoms with Crippen LogP contribution in [0.2, 0.25) is 13.6 Å². The van der Waals surface area contributed by atoms with Crippen LogP contribution in [0, 0.1) is 11.8 Å². The molecule has 10 heteroatoms. The van der Waals surface area contributed by atoms with Gasteiger partial charge in [0.25, 0.3) is 0 Å². The van der Waals surface area contributed by atoms with Gasteiger partial charge in [0, 0.05) is 5.56 Å². The standard InChI is InChI=1S/C17H28BNO3.C17H26BNO3/c2*1-3-4-5-6-14-7-9-15(10-8-14)11-12-17(21)16(13-20)19-18(2)22/h7-12,16-17,19-22H,3-6,13H2,1-2H3;7-10,16-17,19-22H,3-6,13H2,1-2H3/b12-11+;/t2*16?,17-/m00/s1. The Bertz CT molecular complexity index is 1090. The first-order valence-corrected chi connectivity index (χ1v) is 16.0. The first-order valence-electron chi connectivity index (χ1n) is 16.0. The third-order valence-electron chi connectivity index (χ3n) is 7.02. The third kappa shape index (κ3) is 17.7. The second-order valence-electron chi connectivity index (χ2n) is 11.2. The minimum atomic E-state index is -1.04. The zero-order valence-corrected chi connectivity index (χ0v) is 27.0. The van der Waals surface area contributed by atoms with Gasteiger partial charge in [-0.1, -0.05) is 99.9 Å². The first-order chi connectivity index (χ1) is 21.1. The van der Waals surface area contributed by atoms with Crippen molar-refractivity contribution in [3.63, 3.8) is 0 Å². The molecule has 0 aromatic heterocycles. The molecule has 0 fully saturated rings. The Morgan fingerprint density at radius 2 is 1.20 bits per heavy atom. The van der Waals surface area contributed by atoms with E-state index in [2.05, 4.69) is 60.4 Å². The van der Waals surface area contributed by atoms with Gasteiger partial charge in [0.1, 0.15) is 6.10 Å². The Balaban J connectivity index is 0.000000440. The summed E-state index contributed by atoms with van der Waals surface area (Å²) >= 11 is 0. The van der Waals surface area contributed by atoms with Gasteiger partial charge in [0.15, 0.2) is 0 Å². The lowest BCUT2D eigenvalue weighted by atomic mass is 9.86. The molecule has 8 N–H and O–H groups in total. The maximum atomic E-state index is 10.00. The fraction of sp³-hybridized carbons (Fsp3) is 0.529. The number of hydrogen-bond donors (Lipinski definition) is 8. The smallest absolute Gasteiger partial charge is 0.374 e. The summed E-state index contributed by atoms with van der Waals surface area (Å²) in [6, 6.07) is 15.0. The highest BCUT2D eigenvalue weighted by atomic mass is 16.3. The SMILES string of the molecule is CCCCCc1ccc(/C=C/[C@H](O)C(CO)NB(C)O)cc1.CCCCCc1ccc(C#C[C@H](O)C(CO)NB(C)O)cc1. The van der Waals surface area contributed by atoms with Crippen LogP contribution in [0.1, 0.15) is 74.6 Å². The molecule has 0 amide bonds. The summed E-state index contributed by atoms with van der Waals surface area (Å²) in [5.74, 6) is 5.59. The van der Waals surface area contributed by atoms with E-state index >= 15 is 0 Å². The van der Waals surface area contributed by atoms with Gasteiger partial charge in [-0.3, -0.25) is 0 Å². The predicted octanol–water partition coefficient (Wildman–Crippen LogP) is 3.05. The van der Waals surface area contributed by atoms with Crippen LogP contribution in [-0.4, -0.2) is 82.1 Å². The Hall–Kier alpha value is -2.45. The van der Waals surface area contributed by atoms with Crippen LogP contribution in [-0.2, 0) is 12.8 Å². The first kappa shape index (κ1) is 39.6. The maximum Gasteiger partial charge on any atom is 0.374 e. The van der Waals surface area contributed by atoms with Crippen molar-refractivity contribution >= 4 is 20.2 Å². The summed E-state index contributed by atoms with van der Waals surface area (Å²) in [6.45, 7) is 6.93. The molecule has 0 aliphatic carbocycles. The fourth-order valence-corrected chi connectivity index (χ4v) is 4.43. The van der Waals surface area contributed by atoms with Gasteiger partial charge in [0.05, 0.1) is 31.4 Å². The second-order valence-corrected chi connectivity index (χ2v) is 11.2. The maximum absolute atomic E-state index is 10.00. The van der Waals surface area contributed by atoms with E-state index in [0.29, 0.717) is 0 Å². The number of hydrogen-bond acceptors (Lipinski definition) is 8. The van der Waals surface area contributed by atoms with Gasteiger partial charge < -0.3 is 40.9 Å². The Morgan fingerprint density at radius 1 is 0.727 bits per heavy atom. The Morgan fingerprint density at radius 3 is 1.66 bits per heavy atom. The molecule has 2 aromatic rings. The van der Waals surface area contributed by atoms with Crippen LogP contribution in [0.4, 0.5) is 0 Å². The second kappa shape index (κ2) is 23.9. The molecule has 0 saturated carbocycles. The lowest BCUT2D eigenvalue weighted by molar-refractivity contribution is 0.133. The van der Waals surface area contributed by atoms with E-state index in [9.17, 15) is 30.5 Å². The minimum absolute atomic E-state index is 0.243. The topological polar surface area (TPSA) is 145 Å². The quantitative estimate of drug-likeness (QED) is 0.0733. The van der Waals surface area contributed by atoms with Crippen molar-refractivity contribution in [1.82, 2.24) is 10.5 Å². The largest absolute Gasteiger partial charge is 0.437 e. The molecule has 0 bridgehead atoms. The van der Waals surface area contributed by atoms with Gasteiger partial charge in [-0.05, 0) is 68.2 Å². The lowest BCUT2D eigenvalue weighted by Gasteiger charge is -2.20. The molecule has 4 atom stereocenters. The van der Waals surface area contributed by atoms with Gasteiger partial charge in [-0.15, -0.1) is 0 Å². The van der Waals surface area contributed by atoms with Crippen molar-refractivity contribution in [3.05, 3.63) is 76.9 Å². The predicted molar refractivity (Wildman–Crippen MR) is 183 cm³/mol. The molecular formula is C34H54B2N2O6. The van der Waals surface area contributed by atoms with E-state index in [1.165, 1.54) is 56.5 Å². The fourth-order valence-electron chi connectivity index (χ4n) is 4.43. The van der Waals surface area contributed by atoms with Crippen LogP contribution in [0.3, 0.4) is 0 Å². The monoisotopic (exact) mass is 608 g/mol. The highest BCUT2D eigenvalue weighted by Gasteiger charge is 2.19. The number of benzene rings is 2. The average Bonchev–Trinajstić information content (AvgIpc) is 3.01. The zero-order valence-electron chi connectivity index (χ0n) is 27.0. The van der Waals surface area contributed by atoms with E-state index in [-0.39, 0.29) is 13.2 Å². The number of aryl methyl sites for hydroxylation is 2. The lowest BCUT2D eigenvalue weighted by Crippen LogP contribution is -2.48. The summed E-state index contributed by atoms with van der Waals surface area (Å²) < 4.78 is 0. The van der Waals surface area contributed by atoms with E-state index < -0.39 is 38.4 Å². The van der Waals surface area contributed by atoms with E-state index in [1.807, 2.05) is 30.3 Å². The summed E-state index contributed by atoms with van der Waals surface area (Å²) in [5.41, 5.74) is 4.46. The molecule has 0 spiro atoms. The number of aliphatic hydroxyl groups is 4. The van der Waals surface area contributed by atoms with Gasteiger partial charge in [-0.25, -0.2) is 0 Å². The summed E-state index contributed by atoms with van der Waals surface area (Å²) in [7, 11) is -1.58. The molecule has 44 heavy (non-hydrogen) atoms. The highest BCUT2D eigenvalue weighted by molar-refractivity contribution is 6.45. The molecule has 2 rings (SSSR count). The van der Waals surface area contributed by atoms with Crippen molar-refractivity contribution in [1.29, 1.82) is 0 Å². The molecule has 0 saturated heterocycles. The van der Waals surface area contributed by atoms with E-state index in [0.717, 1.165) is 24.0 Å². The van der Waals surface area contributed by atoms with Crippen molar-refractivity contribution < 1.29 is 30.5 Å². The highest BCUT2D eigenvalue weighted by Crippen LogP contribution is 2.11. The zero-order chi connectivity index (χ0) is 32.7. The van der Waals surface area contributed by atoms with Gasteiger partial charge in [0.2, 0.25) is 0 Å². The molecule has 2 aromatic carbocycles. The van der Waals surface area contributed by atoms with Gasteiger partial charge >= 0.3 is 14.1 Å². The summed E-state index contributed by atoms with van der Waals surface area (Å²) in [6.07, 6.45) is 11.1. The van der Waals surface area contributed by atoms with E-state index in [4.69, 9.17) is 0 Å².